The standard InChI is InChI=1S/C11H19NO2/c1-2-3-8-12-9-6-4-5-7-10(12)11(13)14/h2,10H,1,3-9H2,(H,13,14). The first-order valence-corrected chi connectivity index (χ1v) is 5.33. The summed E-state index contributed by atoms with van der Waals surface area (Å²) in [7, 11) is 0. The summed E-state index contributed by atoms with van der Waals surface area (Å²) in [6.45, 7) is 5.42. The molecule has 0 aromatic heterocycles. The van der Waals surface area contributed by atoms with Gasteiger partial charge in [-0.3, -0.25) is 9.69 Å². The molecule has 0 radical (unpaired) electrons. The van der Waals surface area contributed by atoms with Gasteiger partial charge in [0, 0.05) is 6.54 Å². The highest BCUT2D eigenvalue weighted by Gasteiger charge is 2.25. The minimum atomic E-state index is -0.670. The maximum Gasteiger partial charge on any atom is 0.320 e. The summed E-state index contributed by atoms with van der Waals surface area (Å²) < 4.78 is 0. The highest BCUT2D eigenvalue weighted by molar-refractivity contribution is 5.73. The van der Waals surface area contributed by atoms with E-state index in [0.717, 1.165) is 45.2 Å². The maximum absolute atomic E-state index is 11.0. The van der Waals surface area contributed by atoms with Gasteiger partial charge < -0.3 is 5.11 Å². The molecule has 0 spiro atoms. The third-order valence-electron chi connectivity index (χ3n) is 2.77. The molecule has 1 aliphatic heterocycles. The normalized spacial score (nSPS) is 24.1. The second-order valence-electron chi connectivity index (χ2n) is 3.82. The van der Waals surface area contributed by atoms with Gasteiger partial charge in [-0.2, -0.15) is 0 Å². The molecule has 3 nitrogen and oxygen atoms in total. The van der Waals surface area contributed by atoms with Gasteiger partial charge in [0.15, 0.2) is 0 Å². The molecule has 1 heterocycles. The minimum absolute atomic E-state index is 0.266. The van der Waals surface area contributed by atoms with E-state index >= 15 is 0 Å². The smallest absolute Gasteiger partial charge is 0.320 e. The molecule has 0 amide bonds. The Morgan fingerprint density at radius 2 is 2.29 bits per heavy atom. The van der Waals surface area contributed by atoms with E-state index in [2.05, 4.69) is 11.5 Å². The molecule has 1 rings (SSSR count). The van der Waals surface area contributed by atoms with E-state index in [0.29, 0.717) is 0 Å². The second-order valence-corrected chi connectivity index (χ2v) is 3.82. The lowest BCUT2D eigenvalue weighted by Crippen LogP contribution is -2.41. The van der Waals surface area contributed by atoms with E-state index in [1.54, 1.807) is 0 Å². The van der Waals surface area contributed by atoms with Crippen molar-refractivity contribution in [1.29, 1.82) is 0 Å². The molecular formula is C11H19NO2. The van der Waals surface area contributed by atoms with Crippen molar-refractivity contribution in [2.24, 2.45) is 0 Å². The van der Waals surface area contributed by atoms with E-state index in [9.17, 15) is 4.79 Å². The van der Waals surface area contributed by atoms with Gasteiger partial charge in [0.2, 0.25) is 0 Å². The molecule has 14 heavy (non-hydrogen) atoms. The van der Waals surface area contributed by atoms with Crippen molar-refractivity contribution in [3.05, 3.63) is 12.7 Å². The Bertz CT molecular complexity index is 203. The van der Waals surface area contributed by atoms with E-state index in [1.807, 2.05) is 6.08 Å². The SMILES string of the molecule is C=CCCN1CCCCCC1C(=O)O. The van der Waals surface area contributed by atoms with Gasteiger partial charge in [0.25, 0.3) is 0 Å². The third-order valence-corrected chi connectivity index (χ3v) is 2.77. The molecule has 3 heteroatoms. The number of likely N-dealkylation sites (tertiary alicyclic amines) is 1. The number of carbonyl (C=O) groups is 1. The number of nitrogens with zero attached hydrogens (tertiary/aromatic N) is 1. The fourth-order valence-corrected chi connectivity index (χ4v) is 1.97. The Hall–Kier alpha value is -0.830. The van der Waals surface area contributed by atoms with E-state index in [1.165, 1.54) is 0 Å². The summed E-state index contributed by atoms with van der Waals surface area (Å²) in [6.07, 6.45) is 6.86. The summed E-state index contributed by atoms with van der Waals surface area (Å²) in [6, 6.07) is -0.266. The van der Waals surface area contributed by atoms with Crippen LogP contribution < -0.4 is 0 Å². The Morgan fingerprint density at radius 3 is 2.93 bits per heavy atom. The molecule has 1 N–H and O–H groups in total. The molecule has 0 aromatic rings. The van der Waals surface area contributed by atoms with Gasteiger partial charge in [-0.25, -0.2) is 0 Å². The van der Waals surface area contributed by atoms with E-state index in [-0.39, 0.29) is 6.04 Å². The predicted octanol–water partition coefficient (Wildman–Crippen LogP) is 1.89. The molecule has 80 valence electrons. The van der Waals surface area contributed by atoms with Crippen LogP contribution in [0.15, 0.2) is 12.7 Å². The number of hydrogen-bond acceptors (Lipinski definition) is 2. The Morgan fingerprint density at radius 1 is 1.50 bits per heavy atom. The van der Waals surface area contributed by atoms with Crippen LogP contribution in [-0.2, 0) is 4.79 Å². The molecule has 0 bridgehead atoms. The zero-order valence-corrected chi connectivity index (χ0v) is 8.61. The van der Waals surface area contributed by atoms with Crippen molar-refractivity contribution in [3.8, 4) is 0 Å². The molecule has 1 saturated heterocycles. The average molecular weight is 197 g/mol. The predicted molar refractivity (Wildman–Crippen MR) is 56.3 cm³/mol. The fourth-order valence-electron chi connectivity index (χ4n) is 1.97. The van der Waals surface area contributed by atoms with Gasteiger partial charge >= 0.3 is 5.97 Å². The lowest BCUT2D eigenvalue weighted by Gasteiger charge is -2.25. The second kappa shape index (κ2) is 5.81. The van der Waals surface area contributed by atoms with Gasteiger partial charge in [0.05, 0.1) is 0 Å². The third kappa shape index (κ3) is 3.14. The van der Waals surface area contributed by atoms with Crippen molar-refractivity contribution >= 4 is 5.97 Å². The quantitative estimate of drug-likeness (QED) is 0.700. The Kier molecular flexibility index (Phi) is 4.66. The average Bonchev–Trinajstić information content (AvgIpc) is 2.39. The summed E-state index contributed by atoms with van der Waals surface area (Å²) >= 11 is 0. The Balaban J connectivity index is 2.54. The lowest BCUT2D eigenvalue weighted by molar-refractivity contribution is -0.143. The van der Waals surface area contributed by atoms with Crippen molar-refractivity contribution < 1.29 is 9.90 Å². The van der Waals surface area contributed by atoms with Crippen molar-refractivity contribution in [2.75, 3.05) is 13.1 Å². The van der Waals surface area contributed by atoms with E-state index in [4.69, 9.17) is 5.11 Å². The largest absolute Gasteiger partial charge is 0.480 e. The van der Waals surface area contributed by atoms with Crippen molar-refractivity contribution in [3.63, 3.8) is 0 Å². The first-order chi connectivity index (χ1) is 6.75. The Labute approximate surface area is 85.4 Å². The number of rotatable bonds is 4. The molecule has 0 aliphatic carbocycles. The van der Waals surface area contributed by atoms with E-state index < -0.39 is 5.97 Å². The van der Waals surface area contributed by atoms with Gasteiger partial charge in [-0.1, -0.05) is 18.9 Å². The molecule has 0 saturated carbocycles. The maximum atomic E-state index is 11.0. The monoisotopic (exact) mass is 197 g/mol. The molecule has 1 unspecified atom stereocenters. The van der Waals surface area contributed by atoms with Crippen LogP contribution >= 0.6 is 0 Å². The van der Waals surface area contributed by atoms with Crippen LogP contribution in [0.1, 0.15) is 32.1 Å². The van der Waals surface area contributed by atoms with Crippen LogP contribution in [0.25, 0.3) is 0 Å². The van der Waals surface area contributed by atoms with Crippen LogP contribution in [0.5, 0.6) is 0 Å². The molecule has 1 fully saturated rings. The van der Waals surface area contributed by atoms with Crippen LogP contribution in [0.3, 0.4) is 0 Å². The zero-order valence-electron chi connectivity index (χ0n) is 8.61. The van der Waals surface area contributed by atoms with Gasteiger partial charge in [-0.15, -0.1) is 6.58 Å². The molecule has 1 atom stereocenters. The highest BCUT2D eigenvalue weighted by Crippen LogP contribution is 2.17. The molecular weight excluding hydrogens is 178 g/mol. The molecule has 0 aromatic carbocycles. The van der Waals surface area contributed by atoms with Crippen molar-refractivity contribution in [1.82, 2.24) is 4.90 Å². The summed E-state index contributed by atoms with van der Waals surface area (Å²) in [5.41, 5.74) is 0. The summed E-state index contributed by atoms with van der Waals surface area (Å²) in [5.74, 6) is -0.670. The number of carboxylic acid groups (broad SMARTS) is 1. The fraction of sp³-hybridized carbons (Fsp3) is 0.727. The van der Waals surface area contributed by atoms with Crippen LogP contribution in [0, 0.1) is 0 Å². The summed E-state index contributed by atoms with van der Waals surface area (Å²) in [4.78, 5) is 13.1. The topological polar surface area (TPSA) is 40.5 Å². The first kappa shape index (κ1) is 11.2. The highest BCUT2D eigenvalue weighted by atomic mass is 16.4. The molecule has 1 aliphatic rings. The lowest BCUT2D eigenvalue weighted by atomic mass is 10.1. The van der Waals surface area contributed by atoms with Crippen LogP contribution in [0.4, 0.5) is 0 Å². The summed E-state index contributed by atoms with van der Waals surface area (Å²) in [5, 5.41) is 9.07. The first-order valence-electron chi connectivity index (χ1n) is 5.33. The minimum Gasteiger partial charge on any atom is -0.480 e. The van der Waals surface area contributed by atoms with Crippen LogP contribution in [0.2, 0.25) is 0 Å². The number of carboxylic acids is 1. The van der Waals surface area contributed by atoms with Crippen molar-refractivity contribution in [2.45, 2.75) is 38.1 Å². The van der Waals surface area contributed by atoms with Gasteiger partial charge in [0.1, 0.15) is 6.04 Å². The van der Waals surface area contributed by atoms with Crippen LogP contribution in [-0.4, -0.2) is 35.1 Å². The van der Waals surface area contributed by atoms with Gasteiger partial charge in [-0.05, 0) is 25.8 Å². The number of aliphatic carboxylic acids is 1. The number of hydrogen-bond donors (Lipinski definition) is 1. The zero-order chi connectivity index (χ0) is 10.4.